The molecule has 0 amide bonds. The van der Waals surface area contributed by atoms with E-state index in [4.69, 9.17) is 0 Å². The first-order chi connectivity index (χ1) is 7.75. The zero-order valence-corrected chi connectivity index (χ0v) is 10.2. The summed E-state index contributed by atoms with van der Waals surface area (Å²) in [6.07, 6.45) is 0. The first kappa shape index (κ1) is 9.99. The Morgan fingerprint density at radius 1 is 1.50 bits per heavy atom. The van der Waals surface area contributed by atoms with Gasteiger partial charge in [-0.15, -0.1) is 0 Å². The van der Waals surface area contributed by atoms with Crippen LogP contribution in [0.4, 0.5) is 0 Å². The molecule has 1 N–H and O–H groups in total. The lowest BCUT2D eigenvalue weighted by Crippen LogP contribution is -2.31. The van der Waals surface area contributed by atoms with E-state index in [1.807, 2.05) is 6.92 Å². The molecule has 3 rings (SSSR count). The lowest BCUT2D eigenvalue weighted by Gasteiger charge is -2.24. The monoisotopic (exact) mass is 234 g/mol. The van der Waals surface area contributed by atoms with Crippen molar-refractivity contribution in [2.45, 2.75) is 26.4 Å². The number of hydrogen-bond acceptors (Lipinski definition) is 4. The van der Waals surface area contributed by atoms with E-state index in [0.29, 0.717) is 6.04 Å². The molecule has 2 aromatic heterocycles. The van der Waals surface area contributed by atoms with E-state index in [2.05, 4.69) is 38.3 Å². The van der Waals surface area contributed by atoms with Crippen molar-refractivity contribution in [2.75, 3.05) is 6.54 Å². The molecule has 1 aliphatic rings. The summed E-state index contributed by atoms with van der Waals surface area (Å²) >= 11 is 1.48. The SMILES string of the molecule is Cc1nsc(-c2ccc3n2CCNC3C)n1. The van der Waals surface area contributed by atoms with Gasteiger partial charge in [0.25, 0.3) is 0 Å². The van der Waals surface area contributed by atoms with Crippen LogP contribution in [0.2, 0.25) is 0 Å². The molecule has 0 aromatic carbocycles. The fourth-order valence-corrected chi connectivity index (χ4v) is 2.90. The second-order valence-corrected chi connectivity index (χ2v) is 4.87. The molecule has 0 saturated carbocycles. The molecule has 2 aromatic rings. The maximum absolute atomic E-state index is 4.45. The molecule has 1 unspecified atom stereocenters. The smallest absolute Gasteiger partial charge is 0.160 e. The molecule has 1 aliphatic heterocycles. The Balaban J connectivity index is 2.09. The quantitative estimate of drug-likeness (QED) is 0.820. The van der Waals surface area contributed by atoms with Crippen LogP contribution in [0.1, 0.15) is 24.5 Å². The summed E-state index contributed by atoms with van der Waals surface area (Å²) < 4.78 is 6.59. The van der Waals surface area contributed by atoms with E-state index in [0.717, 1.165) is 23.9 Å². The van der Waals surface area contributed by atoms with Gasteiger partial charge in [0.05, 0.1) is 5.69 Å². The molecule has 5 heteroatoms. The van der Waals surface area contributed by atoms with Gasteiger partial charge in [0.2, 0.25) is 0 Å². The minimum Gasteiger partial charge on any atom is -0.340 e. The summed E-state index contributed by atoms with van der Waals surface area (Å²) in [6, 6.07) is 4.76. The number of aryl methyl sites for hydroxylation is 1. The normalized spacial score (nSPS) is 19.8. The van der Waals surface area contributed by atoms with Crippen molar-refractivity contribution >= 4 is 11.5 Å². The molecule has 3 heterocycles. The Morgan fingerprint density at radius 2 is 2.38 bits per heavy atom. The highest BCUT2D eigenvalue weighted by molar-refractivity contribution is 7.09. The third-order valence-electron chi connectivity index (χ3n) is 2.99. The van der Waals surface area contributed by atoms with Crippen molar-refractivity contribution in [1.82, 2.24) is 19.2 Å². The standard InChI is InChI=1S/C11H14N4S/c1-7-9-3-4-10(15(9)6-5-12-7)11-13-8(2)14-16-11/h3-4,7,12H,5-6H2,1-2H3. The van der Waals surface area contributed by atoms with Crippen molar-refractivity contribution in [3.63, 3.8) is 0 Å². The average Bonchev–Trinajstić information content (AvgIpc) is 2.84. The Morgan fingerprint density at radius 3 is 3.12 bits per heavy atom. The molecule has 16 heavy (non-hydrogen) atoms. The maximum Gasteiger partial charge on any atom is 0.160 e. The van der Waals surface area contributed by atoms with Gasteiger partial charge in [-0.1, -0.05) is 0 Å². The van der Waals surface area contributed by atoms with Crippen LogP contribution in [0.5, 0.6) is 0 Å². The first-order valence-electron chi connectivity index (χ1n) is 5.49. The highest BCUT2D eigenvalue weighted by atomic mass is 32.1. The van der Waals surface area contributed by atoms with Gasteiger partial charge in [-0.05, 0) is 37.5 Å². The number of aromatic nitrogens is 3. The zero-order chi connectivity index (χ0) is 11.1. The van der Waals surface area contributed by atoms with Crippen molar-refractivity contribution in [3.05, 3.63) is 23.7 Å². The Labute approximate surface area is 98.5 Å². The molecule has 0 bridgehead atoms. The zero-order valence-electron chi connectivity index (χ0n) is 9.40. The van der Waals surface area contributed by atoms with E-state index in [-0.39, 0.29) is 0 Å². The van der Waals surface area contributed by atoms with Gasteiger partial charge in [-0.25, -0.2) is 4.98 Å². The fraction of sp³-hybridized carbons (Fsp3) is 0.455. The number of rotatable bonds is 1. The van der Waals surface area contributed by atoms with Crippen LogP contribution in [0.25, 0.3) is 10.7 Å². The molecule has 0 radical (unpaired) electrons. The predicted molar refractivity (Wildman–Crippen MR) is 64.5 cm³/mol. The maximum atomic E-state index is 4.45. The van der Waals surface area contributed by atoms with Crippen LogP contribution in [0.3, 0.4) is 0 Å². The predicted octanol–water partition coefficient (Wildman–Crippen LogP) is 1.98. The summed E-state index contributed by atoms with van der Waals surface area (Å²) in [5.41, 5.74) is 2.54. The summed E-state index contributed by atoms with van der Waals surface area (Å²) in [6.45, 7) is 6.17. The van der Waals surface area contributed by atoms with Crippen molar-refractivity contribution in [1.29, 1.82) is 0 Å². The Bertz CT molecular complexity index is 514. The summed E-state index contributed by atoms with van der Waals surface area (Å²) in [4.78, 5) is 4.45. The molecule has 4 nitrogen and oxygen atoms in total. The molecular formula is C11H14N4S. The lowest BCUT2D eigenvalue weighted by molar-refractivity contribution is 0.451. The molecule has 0 saturated heterocycles. The number of nitrogens with zero attached hydrogens (tertiary/aromatic N) is 3. The average molecular weight is 234 g/mol. The van der Waals surface area contributed by atoms with Gasteiger partial charge >= 0.3 is 0 Å². The number of hydrogen-bond donors (Lipinski definition) is 1. The van der Waals surface area contributed by atoms with Crippen LogP contribution in [-0.2, 0) is 6.54 Å². The van der Waals surface area contributed by atoms with E-state index < -0.39 is 0 Å². The van der Waals surface area contributed by atoms with Gasteiger partial charge in [0, 0.05) is 24.8 Å². The Hall–Kier alpha value is -1.20. The summed E-state index contributed by atoms with van der Waals surface area (Å²) in [5, 5.41) is 4.48. The molecule has 0 fully saturated rings. The molecular weight excluding hydrogens is 220 g/mol. The van der Waals surface area contributed by atoms with Crippen molar-refractivity contribution in [3.8, 4) is 10.7 Å². The second kappa shape index (κ2) is 3.68. The largest absolute Gasteiger partial charge is 0.340 e. The van der Waals surface area contributed by atoms with Crippen LogP contribution in [0.15, 0.2) is 12.1 Å². The van der Waals surface area contributed by atoms with E-state index in [1.165, 1.54) is 22.9 Å². The van der Waals surface area contributed by atoms with E-state index in [9.17, 15) is 0 Å². The van der Waals surface area contributed by atoms with Gasteiger partial charge in [0.1, 0.15) is 5.82 Å². The Kier molecular flexibility index (Phi) is 2.29. The molecule has 0 aliphatic carbocycles. The minimum atomic E-state index is 0.427. The van der Waals surface area contributed by atoms with Gasteiger partial charge in [-0.3, -0.25) is 0 Å². The minimum absolute atomic E-state index is 0.427. The third-order valence-corrected chi connectivity index (χ3v) is 3.82. The van der Waals surface area contributed by atoms with Gasteiger partial charge in [-0.2, -0.15) is 4.37 Å². The van der Waals surface area contributed by atoms with E-state index in [1.54, 1.807) is 0 Å². The summed E-state index contributed by atoms with van der Waals surface area (Å²) in [5.74, 6) is 0.859. The molecule has 1 atom stereocenters. The molecule has 84 valence electrons. The van der Waals surface area contributed by atoms with Crippen LogP contribution >= 0.6 is 11.5 Å². The highest BCUT2D eigenvalue weighted by Gasteiger charge is 2.20. The first-order valence-corrected chi connectivity index (χ1v) is 6.26. The number of fused-ring (bicyclic) bond motifs is 1. The summed E-state index contributed by atoms with van der Waals surface area (Å²) in [7, 11) is 0. The molecule has 0 spiro atoms. The van der Waals surface area contributed by atoms with Crippen LogP contribution < -0.4 is 5.32 Å². The topological polar surface area (TPSA) is 42.7 Å². The van der Waals surface area contributed by atoms with Crippen LogP contribution in [-0.4, -0.2) is 20.5 Å². The lowest BCUT2D eigenvalue weighted by atomic mass is 10.2. The number of nitrogens with one attached hydrogen (secondary N) is 1. The van der Waals surface area contributed by atoms with Gasteiger partial charge in [0.15, 0.2) is 5.01 Å². The highest BCUT2D eigenvalue weighted by Crippen LogP contribution is 2.28. The van der Waals surface area contributed by atoms with Crippen molar-refractivity contribution < 1.29 is 0 Å². The van der Waals surface area contributed by atoms with Crippen LogP contribution in [0, 0.1) is 6.92 Å². The second-order valence-electron chi connectivity index (χ2n) is 4.12. The van der Waals surface area contributed by atoms with Crippen molar-refractivity contribution in [2.24, 2.45) is 0 Å². The van der Waals surface area contributed by atoms with E-state index >= 15 is 0 Å². The fourth-order valence-electron chi connectivity index (χ4n) is 2.20. The van der Waals surface area contributed by atoms with Gasteiger partial charge < -0.3 is 9.88 Å². The third kappa shape index (κ3) is 1.47.